The minimum atomic E-state index is -1.05. The highest BCUT2D eigenvalue weighted by atomic mass is 16.4. The van der Waals surface area contributed by atoms with E-state index in [1.165, 1.54) is 18.3 Å². The number of aromatic nitrogens is 2. The van der Waals surface area contributed by atoms with Crippen molar-refractivity contribution in [1.29, 1.82) is 0 Å². The number of carbonyl (C=O) groups is 2. The summed E-state index contributed by atoms with van der Waals surface area (Å²) in [5, 5.41) is 17.6. The molecule has 2 aromatic heterocycles. The van der Waals surface area contributed by atoms with Gasteiger partial charge in [0.25, 0.3) is 5.91 Å². The standard InChI is InChI=1S/C11H11N3O4/c1-6-8(11(16)17)4-7(18-6)5-12-10(15)9-2-3-13-14-9/h2-4H,5H2,1H3,(H,12,15)(H,13,14)(H,16,17). The molecule has 0 aromatic carbocycles. The Morgan fingerprint density at radius 1 is 1.56 bits per heavy atom. The van der Waals surface area contributed by atoms with Crippen molar-refractivity contribution >= 4 is 11.9 Å². The number of aromatic amines is 1. The Kier molecular flexibility index (Phi) is 3.13. The number of furan rings is 1. The average molecular weight is 249 g/mol. The maximum atomic E-state index is 11.6. The molecule has 7 nitrogen and oxygen atoms in total. The van der Waals surface area contributed by atoms with Crippen molar-refractivity contribution in [2.45, 2.75) is 13.5 Å². The largest absolute Gasteiger partial charge is 0.478 e. The van der Waals surface area contributed by atoms with E-state index in [0.29, 0.717) is 17.2 Å². The van der Waals surface area contributed by atoms with Crippen LogP contribution in [0.4, 0.5) is 0 Å². The predicted octanol–water partition coefficient (Wildman–Crippen LogP) is 0.939. The zero-order valence-electron chi connectivity index (χ0n) is 9.56. The molecule has 2 rings (SSSR count). The van der Waals surface area contributed by atoms with Gasteiger partial charge in [0.2, 0.25) is 0 Å². The Hall–Kier alpha value is -2.57. The smallest absolute Gasteiger partial charge is 0.339 e. The molecule has 2 heterocycles. The van der Waals surface area contributed by atoms with Crippen LogP contribution in [0, 0.1) is 6.92 Å². The molecule has 0 bridgehead atoms. The number of hydrogen-bond acceptors (Lipinski definition) is 4. The highest BCUT2D eigenvalue weighted by Crippen LogP contribution is 2.14. The second-order valence-electron chi connectivity index (χ2n) is 3.64. The van der Waals surface area contributed by atoms with Crippen LogP contribution in [0.2, 0.25) is 0 Å². The number of hydrogen-bond donors (Lipinski definition) is 3. The number of nitrogens with zero attached hydrogens (tertiary/aromatic N) is 1. The van der Waals surface area contributed by atoms with E-state index in [-0.39, 0.29) is 18.0 Å². The fraction of sp³-hybridized carbons (Fsp3) is 0.182. The van der Waals surface area contributed by atoms with Crippen LogP contribution in [0.15, 0.2) is 22.7 Å². The lowest BCUT2D eigenvalue weighted by Gasteiger charge is -1.99. The first-order chi connectivity index (χ1) is 8.58. The molecule has 0 saturated heterocycles. The number of nitrogens with one attached hydrogen (secondary N) is 2. The van der Waals surface area contributed by atoms with E-state index < -0.39 is 5.97 Å². The minimum Gasteiger partial charge on any atom is -0.478 e. The molecule has 0 saturated carbocycles. The summed E-state index contributed by atoms with van der Waals surface area (Å²) in [6, 6.07) is 2.93. The Morgan fingerprint density at radius 3 is 2.89 bits per heavy atom. The first kappa shape index (κ1) is 11.9. The van der Waals surface area contributed by atoms with Crippen molar-refractivity contribution in [3.8, 4) is 0 Å². The summed E-state index contributed by atoms with van der Waals surface area (Å²) in [5.74, 6) is -0.688. The topological polar surface area (TPSA) is 108 Å². The van der Waals surface area contributed by atoms with Crippen LogP contribution in [-0.2, 0) is 6.54 Å². The van der Waals surface area contributed by atoms with Gasteiger partial charge in [0, 0.05) is 6.20 Å². The Morgan fingerprint density at radius 2 is 2.33 bits per heavy atom. The Bertz CT molecular complexity index is 571. The number of carboxylic acid groups (broad SMARTS) is 1. The number of amides is 1. The first-order valence-electron chi connectivity index (χ1n) is 5.18. The summed E-state index contributed by atoms with van der Waals surface area (Å²) in [4.78, 5) is 22.4. The number of aryl methyl sites for hydroxylation is 1. The van der Waals surface area contributed by atoms with E-state index in [2.05, 4.69) is 15.5 Å². The molecule has 3 N–H and O–H groups in total. The number of carbonyl (C=O) groups excluding carboxylic acids is 1. The van der Waals surface area contributed by atoms with Crippen molar-refractivity contribution in [1.82, 2.24) is 15.5 Å². The summed E-state index contributed by atoms with van der Waals surface area (Å²) < 4.78 is 5.22. The third kappa shape index (κ3) is 2.40. The SMILES string of the molecule is Cc1oc(CNC(=O)c2ccn[nH]2)cc1C(=O)O. The van der Waals surface area contributed by atoms with Crippen molar-refractivity contribution in [2.75, 3.05) is 0 Å². The van der Waals surface area contributed by atoms with Crippen LogP contribution in [0.5, 0.6) is 0 Å². The molecule has 0 unspecified atom stereocenters. The van der Waals surface area contributed by atoms with Gasteiger partial charge in [0.05, 0.1) is 6.54 Å². The lowest BCUT2D eigenvalue weighted by atomic mass is 10.2. The average Bonchev–Trinajstić information content (AvgIpc) is 2.94. The number of carboxylic acids is 1. The molecule has 18 heavy (non-hydrogen) atoms. The number of aromatic carboxylic acids is 1. The highest BCUT2D eigenvalue weighted by Gasteiger charge is 2.14. The van der Waals surface area contributed by atoms with Crippen LogP contribution in [0.3, 0.4) is 0 Å². The van der Waals surface area contributed by atoms with E-state index in [1.54, 1.807) is 6.92 Å². The zero-order valence-corrected chi connectivity index (χ0v) is 9.56. The molecule has 2 aromatic rings. The van der Waals surface area contributed by atoms with Crippen LogP contribution in [-0.4, -0.2) is 27.2 Å². The summed E-state index contributed by atoms with van der Waals surface area (Å²) in [6.45, 7) is 1.68. The maximum Gasteiger partial charge on any atom is 0.339 e. The van der Waals surface area contributed by atoms with Crippen molar-refractivity contribution in [3.05, 3.63) is 41.1 Å². The second-order valence-corrected chi connectivity index (χ2v) is 3.64. The van der Waals surface area contributed by atoms with E-state index in [4.69, 9.17) is 9.52 Å². The third-order valence-corrected chi connectivity index (χ3v) is 2.37. The molecule has 0 aliphatic rings. The molecule has 0 radical (unpaired) electrons. The molecule has 0 atom stereocenters. The number of rotatable bonds is 4. The van der Waals surface area contributed by atoms with Gasteiger partial charge in [-0.15, -0.1) is 0 Å². The van der Waals surface area contributed by atoms with Crippen molar-refractivity contribution < 1.29 is 19.1 Å². The fourth-order valence-corrected chi connectivity index (χ4v) is 1.49. The lowest BCUT2D eigenvalue weighted by molar-refractivity contribution is 0.0694. The molecule has 1 amide bonds. The Labute approximate surface area is 102 Å². The maximum absolute atomic E-state index is 11.6. The summed E-state index contributed by atoms with van der Waals surface area (Å²) in [7, 11) is 0. The zero-order chi connectivity index (χ0) is 13.1. The van der Waals surface area contributed by atoms with Gasteiger partial charge < -0.3 is 14.8 Å². The molecular weight excluding hydrogens is 238 g/mol. The van der Waals surface area contributed by atoms with Gasteiger partial charge >= 0.3 is 5.97 Å². The quantitative estimate of drug-likeness (QED) is 0.747. The first-order valence-corrected chi connectivity index (χ1v) is 5.18. The minimum absolute atomic E-state index is 0.0980. The van der Waals surface area contributed by atoms with Crippen molar-refractivity contribution in [3.63, 3.8) is 0 Å². The third-order valence-electron chi connectivity index (χ3n) is 2.37. The van der Waals surface area contributed by atoms with Crippen LogP contribution >= 0.6 is 0 Å². The van der Waals surface area contributed by atoms with Gasteiger partial charge in [-0.3, -0.25) is 9.89 Å². The highest BCUT2D eigenvalue weighted by molar-refractivity contribution is 5.92. The Balaban J connectivity index is 2.01. The van der Waals surface area contributed by atoms with Crippen molar-refractivity contribution in [2.24, 2.45) is 0 Å². The van der Waals surface area contributed by atoms with Gasteiger partial charge in [-0.25, -0.2) is 4.79 Å². The summed E-state index contributed by atoms with van der Waals surface area (Å²) in [5.41, 5.74) is 0.428. The fourth-order valence-electron chi connectivity index (χ4n) is 1.49. The van der Waals surface area contributed by atoms with Gasteiger partial charge in [-0.1, -0.05) is 0 Å². The number of H-pyrrole nitrogens is 1. The predicted molar refractivity (Wildman–Crippen MR) is 60.2 cm³/mol. The molecule has 7 heteroatoms. The van der Waals surface area contributed by atoms with Gasteiger partial charge in [-0.05, 0) is 19.1 Å². The van der Waals surface area contributed by atoms with Gasteiger partial charge in [0.15, 0.2) is 0 Å². The normalized spacial score (nSPS) is 10.3. The molecule has 0 fully saturated rings. The van der Waals surface area contributed by atoms with Gasteiger partial charge in [0.1, 0.15) is 22.8 Å². The molecule has 0 spiro atoms. The summed E-state index contributed by atoms with van der Waals surface area (Å²) >= 11 is 0. The van der Waals surface area contributed by atoms with E-state index in [0.717, 1.165) is 0 Å². The van der Waals surface area contributed by atoms with E-state index in [9.17, 15) is 9.59 Å². The van der Waals surface area contributed by atoms with Crippen LogP contribution < -0.4 is 5.32 Å². The monoisotopic (exact) mass is 249 g/mol. The van der Waals surface area contributed by atoms with Gasteiger partial charge in [-0.2, -0.15) is 5.10 Å². The van der Waals surface area contributed by atoms with E-state index >= 15 is 0 Å². The van der Waals surface area contributed by atoms with E-state index in [1.807, 2.05) is 0 Å². The molecular formula is C11H11N3O4. The molecule has 0 aliphatic heterocycles. The lowest BCUT2D eigenvalue weighted by Crippen LogP contribution is -2.22. The van der Waals surface area contributed by atoms with Crippen LogP contribution in [0.25, 0.3) is 0 Å². The summed E-state index contributed by atoms with van der Waals surface area (Å²) in [6.07, 6.45) is 1.47. The molecule has 94 valence electrons. The molecule has 0 aliphatic carbocycles. The second kappa shape index (κ2) is 4.74. The van der Waals surface area contributed by atoms with Crippen LogP contribution in [0.1, 0.15) is 32.4 Å².